The van der Waals surface area contributed by atoms with E-state index in [-0.39, 0.29) is 24.1 Å². The van der Waals surface area contributed by atoms with Crippen molar-refractivity contribution in [1.29, 1.82) is 0 Å². The van der Waals surface area contributed by atoms with Crippen molar-refractivity contribution in [3.63, 3.8) is 0 Å². The Balaban J connectivity index is 2.16. The van der Waals surface area contributed by atoms with Crippen LogP contribution >= 0.6 is 0 Å². The molecule has 0 bridgehead atoms. The molecule has 4 heteroatoms. The zero-order valence-electron chi connectivity index (χ0n) is 8.92. The van der Waals surface area contributed by atoms with Gasteiger partial charge in [-0.1, -0.05) is 0 Å². The van der Waals surface area contributed by atoms with Gasteiger partial charge in [0.2, 0.25) is 5.91 Å². The second-order valence-electron chi connectivity index (χ2n) is 4.21. The van der Waals surface area contributed by atoms with Gasteiger partial charge in [-0.05, 0) is 33.1 Å². The Hall–Kier alpha value is -0.610. The molecule has 0 saturated heterocycles. The summed E-state index contributed by atoms with van der Waals surface area (Å²) >= 11 is 0. The fourth-order valence-corrected chi connectivity index (χ4v) is 1.78. The van der Waals surface area contributed by atoms with Gasteiger partial charge in [0.05, 0.1) is 12.6 Å². The second kappa shape index (κ2) is 5.32. The van der Waals surface area contributed by atoms with Crippen molar-refractivity contribution in [2.45, 2.75) is 51.3 Å². The van der Waals surface area contributed by atoms with Gasteiger partial charge in [-0.15, -0.1) is 0 Å². The molecule has 0 aromatic carbocycles. The fraction of sp³-hybridized carbons (Fsp3) is 0.900. The highest BCUT2D eigenvalue weighted by Crippen LogP contribution is 2.18. The highest BCUT2D eigenvalue weighted by molar-refractivity contribution is 5.78. The summed E-state index contributed by atoms with van der Waals surface area (Å²) in [5.41, 5.74) is 0. The van der Waals surface area contributed by atoms with Crippen LogP contribution in [0.15, 0.2) is 0 Å². The number of aliphatic hydroxyl groups excluding tert-OH is 1. The van der Waals surface area contributed by atoms with Crippen LogP contribution in [0.2, 0.25) is 0 Å². The topological polar surface area (TPSA) is 61.4 Å². The molecule has 0 aliphatic heterocycles. The molecule has 0 heterocycles. The van der Waals surface area contributed by atoms with E-state index in [0.717, 1.165) is 19.3 Å². The summed E-state index contributed by atoms with van der Waals surface area (Å²) < 4.78 is 0. The average Bonchev–Trinajstić information content (AvgIpc) is 2.46. The number of rotatable bonds is 4. The van der Waals surface area contributed by atoms with Crippen LogP contribution in [0.4, 0.5) is 0 Å². The number of nitrogens with one attached hydrogen (secondary N) is 2. The van der Waals surface area contributed by atoms with Crippen molar-refractivity contribution in [2.24, 2.45) is 0 Å². The lowest BCUT2D eigenvalue weighted by molar-refractivity contribution is -0.120. The first kappa shape index (κ1) is 11.5. The SMILES string of the molecule is CC(C)NC(=O)CNC1CCCC1O. The predicted octanol–water partition coefficient (Wildman–Crippen LogP) is 0.0140. The highest BCUT2D eigenvalue weighted by atomic mass is 16.3. The molecule has 1 saturated carbocycles. The smallest absolute Gasteiger partial charge is 0.234 e. The molecule has 82 valence electrons. The molecule has 1 rings (SSSR count). The van der Waals surface area contributed by atoms with Gasteiger partial charge in [-0.25, -0.2) is 0 Å². The lowest BCUT2D eigenvalue weighted by Gasteiger charge is -2.16. The molecule has 1 amide bonds. The zero-order chi connectivity index (χ0) is 10.6. The van der Waals surface area contributed by atoms with Crippen LogP contribution in [0.25, 0.3) is 0 Å². The minimum absolute atomic E-state index is 0.000833. The summed E-state index contributed by atoms with van der Waals surface area (Å²) in [7, 11) is 0. The average molecular weight is 200 g/mol. The minimum Gasteiger partial charge on any atom is -0.392 e. The van der Waals surface area contributed by atoms with E-state index in [2.05, 4.69) is 10.6 Å². The van der Waals surface area contributed by atoms with E-state index in [0.29, 0.717) is 6.54 Å². The van der Waals surface area contributed by atoms with Gasteiger partial charge in [0.1, 0.15) is 0 Å². The molecule has 0 radical (unpaired) electrons. The molecule has 4 nitrogen and oxygen atoms in total. The summed E-state index contributed by atoms with van der Waals surface area (Å²) in [6.45, 7) is 4.17. The standard InChI is InChI=1S/C10H20N2O2/c1-7(2)12-10(14)6-11-8-4-3-5-9(8)13/h7-9,11,13H,3-6H2,1-2H3,(H,12,14). The number of amides is 1. The van der Waals surface area contributed by atoms with Gasteiger partial charge in [0, 0.05) is 12.1 Å². The van der Waals surface area contributed by atoms with E-state index < -0.39 is 0 Å². The maximum Gasteiger partial charge on any atom is 0.234 e. The normalized spacial score (nSPS) is 26.9. The van der Waals surface area contributed by atoms with Crippen molar-refractivity contribution in [3.8, 4) is 0 Å². The summed E-state index contributed by atoms with van der Waals surface area (Å²) in [5, 5.41) is 15.4. The maximum atomic E-state index is 11.3. The molecule has 0 aromatic heterocycles. The summed E-state index contributed by atoms with van der Waals surface area (Å²) in [6.07, 6.45) is 2.59. The van der Waals surface area contributed by atoms with E-state index in [1.54, 1.807) is 0 Å². The second-order valence-corrected chi connectivity index (χ2v) is 4.21. The zero-order valence-corrected chi connectivity index (χ0v) is 8.92. The van der Waals surface area contributed by atoms with Gasteiger partial charge in [0.15, 0.2) is 0 Å². The summed E-state index contributed by atoms with van der Waals surface area (Å²) in [4.78, 5) is 11.3. The molecule has 0 aromatic rings. The van der Waals surface area contributed by atoms with Crippen molar-refractivity contribution >= 4 is 5.91 Å². The molecule has 1 fully saturated rings. The molecule has 2 unspecified atom stereocenters. The molecule has 1 aliphatic carbocycles. The van der Waals surface area contributed by atoms with E-state index in [9.17, 15) is 9.90 Å². The Labute approximate surface area is 85.1 Å². The summed E-state index contributed by atoms with van der Waals surface area (Å²) in [5.74, 6) is -0.000833. The lowest BCUT2D eigenvalue weighted by atomic mass is 10.2. The van der Waals surface area contributed by atoms with Crippen molar-refractivity contribution in [2.75, 3.05) is 6.54 Å². The molecule has 1 aliphatic rings. The lowest BCUT2D eigenvalue weighted by Crippen LogP contribution is -2.44. The first-order valence-electron chi connectivity index (χ1n) is 5.30. The summed E-state index contributed by atoms with van der Waals surface area (Å²) in [6, 6.07) is 0.283. The Morgan fingerprint density at radius 2 is 2.21 bits per heavy atom. The van der Waals surface area contributed by atoms with Crippen LogP contribution in [-0.2, 0) is 4.79 Å². The number of hydrogen-bond donors (Lipinski definition) is 3. The first-order chi connectivity index (χ1) is 6.59. The Kier molecular flexibility index (Phi) is 4.35. The van der Waals surface area contributed by atoms with Crippen LogP contribution < -0.4 is 10.6 Å². The number of carbonyl (C=O) groups excluding carboxylic acids is 1. The molecular weight excluding hydrogens is 180 g/mol. The Morgan fingerprint density at radius 3 is 2.71 bits per heavy atom. The third-order valence-electron chi connectivity index (χ3n) is 2.45. The third kappa shape index (κ3) is 3.64. The van der Waals surface area contributed by atoms with E-state index in [4.69, 9.17) is 0 Å². The van der Waals surface area contributed by atoms with Crippen LogP contribution in [0.3, 0.4) is 0 Å². The highest BCUT2D eigenvalue weighted by Gasteiger charge is 2.24. The number of aliphatic hydroxyl groups is 1. The van der Waals surface area contributed by atoms with E-state index in [1.807, 2.05) is 13.8 Å². The Morgan fingerprint density at radius 1 is 1.50 bits per heavy atom. The third-order valence-corrected chi connectivity index (χ3v) is 2.45. The van der Waals surface area contributed by atoms with Crippen molar-refractivity contribution in [3.05, 3.63) is 0 Å². The van der Waals surface area contributed by atoms with Crippen LogP contribution in [0.5, 0.6) is 0 Å². The predicted molar refractivity (Wildman–Crippen MR) is 54.9 cm³/mol. The van der Waals surface area contributed by atoms with Crippen LogP contribution in [-0.4, -0.2) is 35.7 Å². The van der Waals surface area contributed by atoms with Crippen molar-refractivity contribution < 1.29 is 9.90 Å². The number of carbonyl (C=O) groups is 1. The van der Waals surface area contributed by atoms with Gasteiger partial charge in [0.25, 0.3) is 0 Å². The van der Waals surface area contributed by atoms with Gasteiger partial charge >= 0.3 is 0 Å². The fourth-order valence-electron chi connectivity index (χ4n) is 1.78. The Bertz CT molecular complexity index is 195. The van der Waals surface area contributed by atoms with Gasteiger partial charge in [-0.3, -0.25) is 4.79 Å². The molecular formula is C10H20N2O2. The quantitative estimate of drug-likeness (QED) is 0.599. The largest absolute Gasteiger partial charge is 0.392 e. The van der Waals surface area contributed by atoms with Gasteiger partial charge < -0.3 is 15.7 Å². The maximum absolute atomic E-state index is 11.3. The molecule has 14 heavy (non-hydrogen) atoms. The molecule has 3 N–H and O–H groups in total. The van der Waals surface area contributed by atoms with Gasteiger partial charge in [-0.2, -0.15) is 0 Å². The first-order valence-corrected chi connectivity index (χ1v) is 5.30. The van der Waals surface area contributed by atoms with Crippen molar-refractivity contribution in [1.82, 2.24) is 10.6 Å². The molecule has 2 atom stereocenters. The van der Waals surface area contributed by atoms with Crippen LogP contribution in [0, 0.1) is 0 Å². The molecule has 0 spiro atoms. The monoisotopic (exact) mass is 200 g/mol. The van der Waals surface area contributed by atoms with E-state index >= 15 is 0 Å². The number of hydrogen-bond acceptors (Lipinski definition) is 3. The van der Waals surface area contributed by atoms with Crippen LogP contribution in [0.1, 0.15) is 33.1 Å². The minimum atomic E-state index is -0.276. The van der Waals surface area contributed by atoms with E-state index in [1.165, 1.54) is 0 Å².